The molecule has 1 aliphatic heterocycles. The Kier molecular flexibility index (Phi) is 2.24. The Bertz CT molecular complexity index is 591. The average molecular weight is 240 g/mol. The summed E-state index contributed by atoms with van der Waals surface area (Å²) in [6.07, 6.45) is 1.78. The first-order valence-corrected chi connectivity index (χ1v) is 6.25. The van der Waals surface area contributed by atoms with Crippen LogP contribution in [0.1, 0.15) is 42.6 Å². The maximum absolute atomic E-state index is 12.2. The van der Waals surface area contributed by atoms with Crippen molar-refractivity contribution in [2.45, 2.75) is 32.3 Å². The molecule has 92 valence electrons. The molecule has 1 heterocycles. The van der Waals surface area contributed by atoms with Crippen molar-refractivity contribution >= 4 is 11.5 Å². The molecule has 0 aromatic heterocycles. The molecule has 0 radical (unpaired) electrons. The SMILES string of the molecule is C=C1C(=O)c2ccccc2C2=C1CCC(C)(C)O2. The Hall–Kier alpha value is -1.83. The second-order valence-corrected chi connectivity index (χ2v) is 5.52. The molecule has 0 fully saturated rings. The molecule has 2 nitrogen and oxygen atoms in total. The maximum Gasteiger partial charge on any atom is 0.193 e. The van der Waals surface area contributed by atoms with E-state index in [4.69, 9.17) is 4.74 Å². The van der Waals surface area contributed by atoms with Crippen molar-refractivity contribution in [1.29, 1.82) is 0 Å². The number of hydrogen-bond acceptors (Lipinski definition) is 2. The molecule has 0 N–H and O–H groups in total. The molecule has 1 aromatic carbocycles. The van der Waals surface area contributed by atoms with Crippen molar-refractivity contribution in [2.24, 2.45) is 0 Å². The number of fused-ring (bicyclic) bond motifs is 2. The number of allylic oxidation sites excluding steroid dienone is 2. The third-order valence-electron chi connectivity index (χ3n) is 3.68. The van der Waals surface area contributed by atoms with Gasteiger partial charge in [0.15, 0.2) is 5.78 Å². The third-order valence-corrected chi connectivity index (χ3v) is 3.68. The number of ketones is 1. The number of Topliss-reactive ketones (excluding diaryl/α,β-unsaturated/α-hetero) is 1. The van der Waals surface area contributed by atoms with Gasteiger partial charge in [-0.2, -0.15) is 0 Å². The second-order valence-electron chi connectivity index (χ2n) is 5.52. The highest BCUT2D eigenvalue weighted by atomic mass is 16.5. The van der Waals surface area contributed by atoms with Crippen LogP contribution in [-0.4, -0.2) is 11.4 Å². The lowest BCUT2D eigenvalue weighted by atomic mass is 9.81. The van der Waals surface area contributed by atoms with Gasteiger partial charge in [-0.25, -0.2) is 0 Å². The Balaban J connectivity index is 2.23. The van der Waals surface area contributed by atoms with Crippen LogP contribution >= 0.6 is 0 Å². The van der Waals surface area contributed by atoms with E-state index >= 15 is 0 Å². The first-order valence-electron chi connectivity index (χ1n) is 6.25. The number of carbonyl (C=O) groups excluding carboxylic acids is 1. The smallest absolute Gasteiger partial charge is 0.193 e. The maximum atomic E-state index is 12.2. The number of rotatable bonds is 0. The molecule has 0 saturated heterocycles. The molecule has 1 aromatic rings. The largest absolute Gasteiger partial charge is 0.487 e. The van der Waals surface area contributed by atoms with Crippen molar-refractivity contribution in [3.8, 4) is 0 Å². The van der Waals surface area contributed by atoms with Gasteiger partial charge in [0.1, 0.15) is 11.4 Å². The normalized spacial score (nSPS) is 21.2. The van der Waals surface area contributed by atoms with E-state index in [1.807, 2.05) is 24.3 Å². The molecule has 0 spiro atoms. The number of benzene rings is 1. The molecule has 1 aliphatic carbocycles. The van der Waals surface area contributed by atoms with Crippen molar-refractivity contribution < 1.29 is 9.53 Å². The quantitative estimate of drug-likeness (QED) is 0.646. The summed E-state index contributed by atoms with van der Waals surface area (Å²) in [5, 5.41) is 0. The summed E-state index contributed by atoms with van der Waals surface area (Å²) in [6, 6.07) is 7.62. The highest BCUT2D eigenvalue weighted by Crippen LogP contribution is 2.43. The van der Waals surface area contributed by atoms with Gasteiger partial charge in [-0.05, 0) is 26.7 Å². The standard InChI is InChI=1S/C16H16O2/c1-10-11-8-9-16(2,3)18-15(11)13-7-5-4-6-12(13)14(10)17/h4-7H,1,8-9H2,2-3H3. The highest BCUT2D eigenvalue weighted by Gasteiger charge is 2.36. The van der Waals surface area contributed by atoms with Gasteiger partial charge in [0.05, 0.1) is 0 Å². The zero-order chi connectivity index (χ0) is 12.9. The predicted octanol–water partition coefficient (Wildman–Crippen LogP) is 3.74. The van der Waals surface area contributed by atoms with E-state index in [-0.39, 0.29) is 11.4 Å². The minimum Gasteiger partial charge on any atom is -0.487 e. The Labute approximate surface area is 107 Å². The van der Waals surface area contributed by atoms with Crippen molar-refractivity contribution in [3.63, 3.8) is 0 Å². The van der Waals surface area contributed by atoms with E-state index in [2.05, 4.69) is 20.4 Å². The second kappa shape index (κ2) is 3.58. The molecule has 0 bridgehead atoms. The topological polar surface area (TPSA) is 26.3 Å². The Morgan fingerprint density at radius 1 is 1.22 bits per heavy atom. The first kappa shape index (κ1) is 11.3. The fraction of sp³-hybridized carbons (Fsp3) is 0.312. The summed E-state index contributed by atoms with van der Waals surface area (Å²) < 4.78 is 6.09. The van der Waals surface area contributed by atoms with E-state index in [0.717, 1.165) is 29.7 Å². The molecule has 0 unspecified atom stereocenters. The van der Waals surface area contributed by atoms with E-state index in [9.17, 15) is 4.79 Å². The summed E-state index contributed by atoms with van der Waals surface area (Å²) in [5.41, 5.74) is 3.03. The summed E-state index contributed by atoms with van der Waals surface area (Å²) in [7, 11) is 0. The van der Waals surface area contributed by atoms with Gasteiger partial charge in [0, 0.05) is 22.3 Å². The minimum atomic E-state index is -0.174. The Morgan fingerprint density at radius 2 is 1.89 bits per heavy atom. The molecule has 2 aliphatic rings. The molecule has 0 saturated carbocycles. The van der Waals surface area contributed by atoms with Crippen LogP contribution in [0.15, 0.2) is 42.0 Å². The molecule has 0 atom stereocenters. The van der Waals surface area contributed by atoms with Gasteiger partial charge in [-0.3, -0.25) is 4.79 Å². The van der Waals surface area contributed by atoms with E-state index in [1.54, 1.807) is 0 Å². The molecule has 0 amide bonds. The van der Waals surface area contributed by atoms with Crippen molar-refractivity contribution in [3.05, 3.63) is 53.1 Å². The summed E-state index contributed by atoms with van der Waals surface area (Å²) in [5.74, 6) is 0.888. The molecular formula is C16H16O2. The van der Waals surface area contributed by atoms with E-state index < -0.39 is 0 Å². The van der Waals surface area contributed by atoms with Gasteiger partial charge >= 0.3 is 0 Å². The van der Waals surface area contributed by atoms with E-state index in [0.29, 0.717) is 11.1 Å². The van der Waals surface area contributed by atoms with Crippen LogP contribution in [0, 0.1) is 0 Å². The van der Waals surface area contributed by atoms with Crippen LogP contribution in [0.3, 0.4) is 0 Å². The zero-order valence-electron chi connectivity index (χ0n) is 10.7. The van der Waals surface area contributed by atoms with E-state index in [1.165, 1.54) is 0 Å². The summed E-state index contributed by atoms with van der Waals surface area (Å²) in [6.45, 7) is 8.10. The monoisotopic (exact) mass is 240 g/mol. The predicted molar refractivity (Wildman–Crippen MR) is 71.2 cm³/mol. The highest BCUT2D eigenvalue weighted by molar-refractivity contribution is 6.17. The van der Waals surface area contributed by atoms with Crippen molar-refractivity contribution in [1.82, 2.24) is 0 Å². The van der Waals surface area contributed by atoms with Crippen LogP contribution < -0.4 is 0 Å². The molecule has 3 rings (SSSR count). The fourth-order valence-corrected chi connectivity index (χ4v) is 2.61. The molecular weight excluding hydrogens is 224 g/mol. The van der Waals surface area contributed by atoms with Gasteiger partial charge in [0.2, 0.25) is 0 Å². The summed E-state index contributed by atoms with van der Waals surface area (Å²) >= 11 is 0. The van der Waals surface area contributed by atoms with Gasteiger partial charge in [-0.1, -0.05) is 30.8 Å². The number of ether oxygens (including phenoxy) is 1. The van der Waals surface area contributed by atoms with Crippen LogP contribution in [0.5, 0.6) is 0 Å². The van der Waals surface area contributed by atoms with Gasteiger partial charge < -0.3 is 4.74 Å². The lowest BCUT2D eigenvalue weighted by molar-refractivity contribution is 0.0555. The third kappa shape index (κ3) is 1.52. The molecule has 18 heavy (non-hydrogen) atoms. The lowest BCUT2D eigenvalue weighted by Crippen LogP contribution is -2.31. The minimum absolute atomic E-state index is 0.0349. The Morgan fingerprint density at radius 3 is 2.61 bits per heavy atom. The number of hydrogen-bond donors (Lipinski definition) is 0. The summed E-state index contributed by atoms with van der Waals surface area (Å²) in [4.78, 5) is 12.2. The lowest BCUT2D eigenvalue weighted by Gasteiger charge is -2.37. The van der Waals surface area contributed by atoms with Crippen LogP contribution in [0.25, 0.3) is 5.76 Å². The first-order chi connectivity index (χ1) is 8.49. The average Bonchev–Trinajstić information content (AvgIpc) is 2.35. The van der Waals surface area contributed by atoms with Crippen LogP contribution in [0.2, 0.25) is 0 Å². The zero-order valence-corrected chi connectivity index (χ0v) is 10.7. The number of carbonyl (C=O) groups is 1. The fourth-order valence-electron chi connectivity index (χ4n) is 2.61. The van der Waals surface area contributed by atoms with Crippen LogP contribution in [-0.2, 0) is 4.74 Å². The van der Waals surface area contributed by atoms with Crippen molar-refractivity contribution in [2.75, 3.05) is 0 Å². The van der Waals surface area contributed by atoms with Gasteiger partial charge in [-0.15, -0.1) is 0 Å². The van der Waals surface area contributed by atoms with Crippen LogP contribution in [0.4, 0.5) is 0 Å². The van der Waals surface area contributed by atoms with Gasteiger partial charge in [0.25, 0.3) is 0 Å². The molecule has 2 heteroatoms.